The van der Waals surface area contributed by atoms with Crippen LogP contribution in [0.25, 0.3) is 0 Å². The van der Waals surface area contributed by atoms with E-state index in [1.54, 1.807) is 17.9 Å². The molecule has 0 unspecified atom stereocenters. The van der Waals surface area contributed by atoms with Crippen LogP contribution in [0, 0.1) is 5.82 Å². The van der Waals surface area contributed by atoms with E-state index in [1.165, 1.54) is 0 Å². The van der Waals surface area contributed by atoms with Gasteiger partial charge in [0.2, 0.25) is 0 Å². The molecule has 2 rings (SSSR count). The van der Waals surface area contributed by atoms with Crippen molar-refractivity contribution in [1.29, 1.82) is 0 Å². The Hall–Kier alpha value is -1.46. The van der Waals surface area contributed by atoms with Crippen LogP contribution in [0.3, 0.4) is 0 Å². The Labute approximate surface area is 107 Å². The number of nitrogen functional groups attached to an aromatic ring is 1. The monoisotopic (exact) mass is 274 g/mol. The van der Waals surface area contributed by atoms with Crippen LogP contribution >= 0.6 is 23.2 Å². The molecule has 7 heteroatoms. The molecule has 0 saturated heterocycles. The summed E-state index contributed by atoms with van der Waals surface area (Å²) in [6.45, 7) is 0. The molecular weight excluding hydrogens is 266 g/mol. The molecule has 1 aromatic carbocycles. The van der Waals surface area contributed by atoms with Gasteiger partial charge in [-0.05, 0) is 12.1 Å². The molecule has 0 aliphatic rings. The molecule has 3 N–H and O–H groups in total. The van der Waals surface area contributed by atoms with Gasteiger partial charge in [0, 0.05) is 13.2 Å². The lowest BCUT2D eigenvalue weighted by Gasteiger charge is -2.08. The summed E-state index contributed by atoms with van der Waals surface area (Å²) in [5.74, 6) is -0.0811. The molecule has 1 aromatic heterocycles. The van der Waals surface area contributed by atoms with Gasteiger partial charge in [0.25, 0.3) is 0 Å². The fraction of sp³-hybridized carbons (Fsp3) is 0.100. The van der Waals surface area contributed by atoms with Crippen LogP contribution in [0.1, 0.15) is 0 Å². The molecule has 4 nitrogen and oxygen atoms in total. The number of hydrogen-bond acceptors (Lipinski definition) is 3. The van der Waals surface area contributed by atoms with Crippen LogP contribution in [-0.2, 0) is 7.05 Å². The van der Waals surface area contributed by atoms with Crippen LogP contribution < -0.4 is 11.1 Å². The maximum atomic E-state index is 13.0. The van der Waals surface area contributed by atoms with Gasteiger partial charge in [0.1, 0.15) is 5.82 Å². The fourth-order valence-corrected chi connectivity index (χ4v) is 1.94. The van der Waals surface area contributed by atoms with Gasteiger partial charge in [-0.2, -0.15) is 5.10 Å². The van der Waals surface area contributed by atoms with Crippen molar-refractivity contribution in [2.24, 2.45) is 7.05 Å². The first-order valence-electron chi connectivity index (χ1n) is 4.68. The van der Waals surface area contributed by atoms with Gasteiger partial charge in [0.05, 0.1) is 21.4 Å². The summed E-state index contributed by atoms with van der Waals surface area (Å²) in [6.07, 6.45) is 1.63. The van der Waals surface area contributed by atoms with Crippen molar-refractivity contribution in [3.05, 3.63) is 34.2 Å². The Morgan fingerprint density at radius 3 is 2.41 bits per heavy atom. The zero-order valence-corrected chi connectivity index (χ0v) is 10.3. The van der Waals surface area contributed by atoms with Crippen molar-refractivity contribution in [3.63, 3.8) is 0 Å². The van der Waals surface area contributed by atoms with Crippen molar-refractivity contribution in [1.82, 2.24) is 9.78 Å². The number of nitrogens with one attached hydrogen (secondary N) is 1. The highest BCUT2D eigenvalue weighted by molar-refractivity contribution is 6.39. The average Bonchev–Trinajstić information content (AvgIpc) is 2.51. The average molecular weight is 275 g/mol. The van der Waals surface area contributed by atoms with Gasteiger partial charge in [-0.25, -0.2) is 4.39 Å². The molecule has 0 bridgehead atoms. The lowest BCUT2D eigenvalue weighted by Crippen LogP contribution is -1.97. The summed E-state index contributed by atoms with van der Waals surface area (Å²) in [5.41, 5.74) is 6.54. The van der Waals surface area contributed by atoms with Crippen molar-refractivity contribution in [2.45, 2.75) is 0 Å². The fourth-order valence-electron chi connectivity index (χ4n) is 1.38. The minimum Gasteiger partial charge on any atom is -0.394 e. The topological polar surface area (TPSA) is 55.9 Å². The number of halogens is 3. The standard InChI is InChI=1S/C10H9Cl2FN4/c1-17-4-8(14)10(16-17)15-9-6(11)2-5(13)3-7(9)12/h2-4H,14H2,1H3,(H,15,16). The van der Waals surface area contributed by atoms with Crippen LogP contribution in [0.2, 0.25) is 10.0 Å². The van der Waals surface area contributed by atoms with E-state index >= 15 is 0 Å². The third kappa shape index (κ3) is 2.45. The molecule has 90 valence electrons. The number of rotatable bonds is 2. The maximum absolute atomic E-state index is 13.0. The van der Waals surface area contributed by atoms with Gasteiger partial charge in [-0.15, -0.1) is 0 Å². The molecular formula is C10H9Cl2FN4. The molecule has 0 aliphatic carbocycles. The zero-order valence-electron chi connectivity index (χ0n) is 8.84. The third-order valence-electron chi connectivity index (χ3n) is 2.11. The molecule has 0 aliphatic heterocycles. The lowest BCUT2D eigenvalue weighted by atomic mass is 10.3. The number of nitrogens with zero attached hydrogens (tertiary/aromatic N) is 2. The quantitative estimate of drug-likeness (QED) is 0.884. The van der Waals surface area contributed by atoms with Crippen LogP contribution in [-0.4, -0.2) is 9.78 Å². The van der Waals surface area contributed by atoms with E-state index in [9.17, 15) is 4.39 Å². The van der Waals surface area contributed by atoms with Crippen molar-refractivity contribution in [3.8, 4) is 0 Å². The van der Waals surface area contributed by atoms with Gasteiger partial charge < -0.3 is 11.1 Å². The predicted molar refractivity (Wildman–Crippen MR) is 67.3 cm³/mol. The first-order valence-corrected chi connectivity index (χ1v) is 5.43. The minimum absolute atomic E-state index is 0.167. The van der Waals surface area contributed by atoms with E-state index in [2.05, 4.69) is 10.4 Å². The molecule has 1 heterocycles. The van der Waals surface area contributed by atoms with E-state index < -0.39 is 5.82 Å². The summed E-state index contributed by atoms with van der Waals surface area (Å²) in [6, 6.07) is 2.32. The molecule has 2 aromatic rings. The number of aryl methyl sites for hydroxylation is 1. The first-order chi connectivity index (χ1) is 7.97. The number of nitrogens with two attached hydrogens (primary N) is 1. The highest BCUT2D eigenvalue weighted by Gasteiger charge is 2.12. The largest absolute Gasteiger partial charge is 0.394 e. The summed E-state index contributed by atoms with van der Waals surface area (Å²) in [5, 5.41) is 7.28. The van der Waals surface area contributed by atoms with Crippen LogP contribution in [0.4, 0.5) is 21.6 Å². The number of aromatic nitrogens is 2. The van der Waals surface area contributed by atoms with Crippen LogP contribution in [0.5, 0.6) is 0 Å². The number of benzene rings is 1. The van der Waals surface area contributed by atoms with Gasteiger partial charge >= 0.3 is 0 Å². The molecule has 0 spiro atoms. The van der Waals surface area contributed by atoms with Crippen molar-refractivity contribution >= 4 is 40.4 Å². The molecule has 0 amide bonds. The van der Waals surface area contributed by atoms with Crippen molar-refractivity contribution in [2.75, 3.05) is 11.1 Å². The summed E-state index contributed by atoms with van der Waals surface area (Å²) < 4.78 is 14.5. The summed E-state index contributed by atoms with van der Waals surface area (Å²) in [7, 11) is 1.73. The Morgan fingerprint density at radius 1 is 1.35 bits per heavy atom. The second kappa shape index (κ2) is 4.43. The highest BCUT2D eigenvalue weighted by atomic mass is 35.5. The summed E-state index contributed by atoms with van der Waals surface area (Å²) >= 11 is 11.8. The Morgan fingerprint density at radius 2 is 1.94 bits per heavy atom. The zero-order chi connectivity index (χ0) is 12.6. The second-order valence-electron chi connectivity index (χ2n) is 3.48. The molecule has 0 atom stereocenters. The van der Waals surface area contributed by atoms with E-state index in [0.717, 1.165) is 12.1 Å². The van der Waals surface area contributed by atoms with Gasteiger partial charge in [0.15, 0.2) is 5.82 Å². The molecule has 0 fully saturated rings. The number of hydrogen-bond donors (Lipinski definition) is 2. The third-order valence-corrected chi connectivity index (χ3v) is 2.70. The minimum atomic E-state index is -0.500. The van der Waals surface area contributed by atoms with E-state index in [-0.39, 0.29) is 10.0 Å². The first kappa shape index (κ1) is 12.0. The van der Waals surface area contributed by atoms with Crippen LogP contribution in [0.15, 0.2) is 18.3 Å². The van der Waals surface area contributed by atoms with E-state index in [0.29, 0.717) is 17.2 Å². The lowest BCUT2D eigenvalue weighted by molar-refractivity contribution is 0.628. The Kier molecular flexibility index (Phi) is 3.13. The second-order valence-corrected chi connectivity index (χ2v) is 4.29. The highest BCUT2D eigenvalue weighted by Crippen LogP contribution is 2.34. The Balaban J connectivity index is 2.39. The molecule has 0 radical (unpaired) electrons. The molecule has 0 saturated carbocycles. The SMILES string of the molecule is Cn1cc(N)c(Nc2c(Cl)cc(F)cc2Cl)n1. The predicted octanol–water partition coefficient (Wildman–Crippen LogP) is 3.19. The van der Waals surface area contributed by atoms with Crippen molar-refractivity contribution < 1.29 is 4.39 Å². The summed E-state index contributed by atoms with van der Waals surface area (Å²) in [4.78, 5) is 0. The van der Waals surface area contributed by atoms with E-state index in [1.807, 2.05) is 0 Å². The maximum Gasteiger partial charge on any atom is 0.175 e. The van der Waals surface area contributed by atoms with Gasteiger partial charge in [-0.1, -0.05) is 23.2 Å². The van der Waals surface area contributed by atoms with E-state index in [4.69, 9.17) is 28.9 Å². The number of anilines is 3. The Bertz CT molecular complexity index is 544. The smallest absolute Gasteiger partial charge is 0.175 e. The molecule has 17 heavy (non-hydrogen) atoms. The normalized spacial score (nSPS) is 10.6. The van der Waals surface area contributed by atoms with Gasteiger partial charge in [-0.3, -0.25) is 4.68 Å².